The van der Waals surface area contributed by atoms with E-state index in [1.807, 2.05) is 6.92 Å². The van der Waals surface area contributed by atoms with Crippen LogP contribution in [0.5, 0.6) is 5.75 Å². The van der Waals surface area contributed by atoms with Crippen molar-refractivity contribution in [1.29, 1.82) is 0 Å². The van der Waals surface area contributed by atoms with E-state index in [0.717, 1.165) is 11.1 Å². The Morgan fingerprint density at radius 1 is 1.15 bits per heavy atom. The Balaban J connectivity index is 2.15. The molecule has 0 aliphatic rings. The van der Waals surface area contributed by atoms with Crippen molar-refractivity contribution in [3.05, 3.63) is 59.2 Å². The highest BCUT2D eigenvalue weighted by Crippen LogP contribution is 2.21. The van der Waals surface area contributed by atoms with E-state index in [0.29, 0.717) is 5.69 Å². The smallest absolute Gasteiger partial charge is 0.259 e. The zero-order valence-corrected chi connectivity index (χ0v) is 11.4. The molecule has 1 atom stereocenters. The number of aliphatic hydroxyl groups is 1. The Hall–Kier alpha value is -2.33. The van der Waals surface area contributed by atoms with Crippen LogP contribution >= 0.6 is 0 Å². The number of carbonyl (C=O) groups is 1. The molecule has 4 nitrogen and oxygen atoms in total. The molecule has 0 heterocycles. The Bertz CT molecular complexity index is 618. The molecule has 0 saturated heterocycles. The van der Waals surface area contributed by atoms with Crippen molar-refractivity contribution in [1.82, 2.24) is 0 Å². The fourth-order valence-electron chi connectivity index (χ4n) is 1.88. The van der Waals surface area contributed by atoms with E-state index in [-0.39, 0.29) is 17.2 Å². The number of carbonyl (C=O) groups excluding carboxylic acids is 1. The number of hydrogen-bond donors (Lipinski definition) is 3. The zero-order chi connectivity index (χ0) is 14.7. The molecule has 0 spiro atoms. The van der Waals surface area contributed by atoms with Gasteiger partial charge in [-0.15, -0.1) is 0 Å². The third-order valence-corrected chi connectivity index (χ3v) is 3.05. The molecule has 0 aliphatic carbocycles. The topological polar surface area (TPSA) is 69.6 Å². The van der Waals surface area contributed by atoms with Crippen LogP contribution in [0.2, 0.25) is 0 Å². The van der Waals surface area contributed by atoms with Crippen LogP contribution in [-0.2, 0) is 0 Å². The first-order valence-electron chi connectivity index (χ1n) is 6.36. The summed E-state index contributed by atoms with van der Waals surface area (Å²) in [6.45, 7) is 3.52. The summed E-state index contributed by atoms with van der Waals surface area (Å²) in [4.78, 5) is 12.0. The number of aliphatic hydroxyl groups excluding tert-OH is 1. The summed E-state index contributed by atoms with van der Waals surface area (Å²) in [6, 6.07) is 11.8. The van der Waals surface area contributed by atoms with Gasteiger partial charge in [0.15, 0.2) is 0 Å². The van der Waals surface area contributed by atoms with Gasteiger partial charge in [0.2, 0.25) is 0 Å². The number of amides is 1. The van der Waals surface area contributed by atoms with E-state index in [1.54, 1.807) is 49.4 Å². The second kappa shape index (κ2) is 5.75. The minimum absolute atomic E-state index is 0.0388. The van der Waals surface area contributed by atoms with Crippen molar-refractivity contribution in [3.63, 3.8) is 0 Å². The first kappa shape index (κ1) is 14.1. The molecule has 3 N–H and O–H groups in total. The Labute approximate surface area is 117 Å². The summed E-state index contributed by atoms with van der Waals surface area (Å²) >= 11 is 0. The third kappa shape index (κ3) is 3.16. The highest BCUT2D eigenvalue weighted by molar-refractivity contribution is 6.06. The lowest BCUT2D eigenvalue weighted by molar-refractivity contribution is 0.102. The molecule has 0 aliphatic heterocycles. The van der Waals surface area contributed by atoms with E-state index < -0.39 is 6.10 Å². The van der Waals surface area contributed by atoms with Crippen LogP contribution in [0.25, 0.3) is 0 Å². The number of hydrogen-bond acceptors (Lipinski definition) is 3. The Kier molecular flexibility index (Phi) is 4.05. The van der Waals surface area contributed by atoms with Gasteiger partial charge < -0.3 is 15.5 Å². The third-order valence-electron chi connectivity index (χ3n) is 3.05. The minimum atomic E-state index is -0.541. The maximum Gasteiger partial charge on any atom is 0.259 e. The van der Waals surface area contributed by atoms with Gasteiger partial charge in [-0.2, -0.15) is 0 Å². The molecular formula is C16H17NO3. The average molecular weight is 271 g/mol. The van der Waals surface area contributed by atoms with Gasteiger partial charge in [-0.25, -0.2) is 0 Å². The van der Waals surface area contributed by atoms with E-state index in [9.17, 15) is 15.0 Å². The summed E-state index contributed by atoms with van der Waals surface area (Å²) in [7, 11) is 0. The molecular weight excluding hydrogens is 254 g/mol. The summed E-state index contributed by atoms with van der Waals surface area (Å²) in [6.07, 6.45) is -0.541. The van der Waals surface area contributed by atoms with Crippen molar-refractivity contribution in [2.24, 2.45) is 0 Å². The summed E-state index contributed by atoms with van der Waals surface area (Å²) in [5.74, 6) is -0.407. The number of rotatable bonds is 3. The van der Waals surface area contributed by atoms with E-state index >= 15 is 0 Å². The molecule has 2 aromatic carbocycles. The molecule has 1 amide bonds. The van der Waals surface area contributed by atoms with Crippen molar-refractivity contribution < 1.29 is 15.0 Å². The van der Waals surface area contributed by atoms with Crippen molar-refractivity contribution >= 4 is 11.6 Å². The first-order chi connectivity index (χ1) is 9.47. The van der Waals surface area contributed by atoms with Crippen LogP contribution in [-0.4, -0.2) is 16.1 Å². The summed E-state index contributed by atoms with van der Waals surface area (Å²) in [5, 5.41) is 21.9. The standard InChI is InChI=1S/C16H17NO3/c1-10-3-8-14(15(19)9-10)16(20)17-13-6-4-12(5-7-13)11(2)18/h3-9,11,18-19H,1-2H3,(H,17,20). The van der Waals surface area contributed by atoms with Gasteiger partial charge in [0, 0.05) is 5.69 Å². The molecule has 0 fully saturated rings. The fraction of sp³-hybridized carbons (Fsp3) is 0.188. The molecule has 1 unspecified atom stereocenters. The lowest BCUT2D eigenvalue weighted by Gasteiger charge is -2.09. The SMILES string of the molecule is Cc1ccc(C(=O)Nc2ccc(C(C)O)cc2)c(O)c1. The molecule has 4 heteroatoms. The van der Waals surface area contributed by atoms with E-state index in [1.165, 1.54) is 0 Å². The molecule has 0 radical (unpaired) electrons. The van der Waals surface area contributed by atoms with Crippen LogP contribution in [0.1, 0.15) is 34.5 Å². The van der Waals surface area contributed by atoms with E-state index in [2.05, 4.69) is 5.32 Å². The van der Waals surface area contributed by atoms with Gasteiger partial charge in [0.05, 0.1) is 11.7 Å². The predicted octanol–water partition coefficient (Wildman–Crippen LogP) is 3.01. The van der Waals surface area contributed by atoms with Gasteiger partial charge in [-0.3, -0.25) is 4.79 Å². The van der Waals surface area contributed by atoms with Gasteiger partial charge in [-0.1, -0.05) is 18.2 Å². The van der Waals surface area contributed by atoms with Crippen LogP contribution in [0.15, 0.2) is 42.5 Å². The van der Waals surface area contributed by atoms with Crippen LogP contribution < -0.4 is 5.32 Å². The number of phenols is 1. The second-order valence-corrected chi connectivity index (χ2v) is 4.77. The van der Waals surface area contributed by atoms with Gasteiger partial charge >= 0.3 is 0 Å². The molecule has 0 bridgehead atoms. The fourth-order valence-corrected chi connectivity index (χ4v) is 1.88. The molecule has 104 valence electrons. The molecule has 0 aromatic heterocycles. The Morgan fingerprint density at radius 3 is 2.35 bits per heavy atom. The number of nitrogens with one attached hydrogen (secondary N) is 1. The number of benzene rings is 2. The van der Waals surface area contributed by atoms with Crippen molar-refractivity contribution in [3.8, 4) is 5.75 Å². The monoisotopic (exact) mass is 271 g/mol. The normalized spacial score (nSPS) is 11.9. The molecule has 2 aromatic rings. The minimum Gasteiger partial charge on any atom is -0.507 e. The average Bonchev–Trinajstić information content (AvgIpc) is 2.39. The van der Waals surface area contributed by atoms with Crippen LogP contribution in [0, 0.1) is 6.92 Å². The quantitative estimate of drug-likeness (QED) is 0.803. The van der Waals surface area contributed by atoms with Crippen LogP contribution in [0.3, 0.4) is 0 Å². The number of aromatic hydroxyl groups is 1. The Morgan fingerprint density at radius 2 is 1.80 bits per heavy atom. The second-order valence-electron chi connectivity index (χ2n) is 4.77. The molecule has 0 saturated carbocycles. The van der Waals surface area contributed by atoms with E-state index in [4.69, 9.17) is 0 Å². The highest BCUT2D eigenvalue weighted by atomic mass is 16.3. The van der Waals surface area contributed by atoms with Crippen molar-refractivity contribution in [2.75, 3.05) is 5.32 Å². The first-order valence-corrected chi connectivity index (χ1v) is 6.36. The maximum atomic E-state index is 12.0. The molecule has 20 heavy (non-hydrogen) atoms. The van der Waals surface area contributed by atoms with Gasteiger partial charge in [0.25, 0.3) is 5.91 Å². The predicted molar refractivity (Wildman–Crippen MR) is 77.9 cm³/mol. The number of aryl methyl sites for hydroxylation is 1. The summed E-state index contributed by atoms with van der Waals surface area (Å²) < 4.78 is 0. The van der Waals surface area contributed by atoms with Crippen LogP contribution in [0.4, 0.5) is 5.69 Å². The number of phenolic OH excluding ortho intramolecular Hbond substituents is 1. The molecule has 2 rings (SSSR count). The van der Waals surface area contributed by atoms with Gasteiger partial charge in [-0.05, 0) is 49.2 Å². The van der Waals surface area contributed by atoms with Crippen molar-refractivity contribution in [2.45, 2.75) is 20.0 Å². The lowest BCUT2D eigenvalue weighted by Crippen LogP contribution is -2.12. The highest BCUT2D eigenvalue weighted by Gasteiger charge is 2.11. The summed E-state index contributed by atoms with van der Waals surface area (Å²) in [5.41, 5.74) is 2.51. The maximum absolute atomic E-state index is 12.0. The largest absolute Gasteiger partial charge is 0.507 e. The lowest BCUT2D eigenvalue weighted by atomic mass is 10.1. The number of anilines is 1. The van der Waals surface area contributed by atoms with Gasteiger partial charge in [0.1, 0.15) is 5.75 Å². The zero-order valence-electron chi connectivity index (χ0n) is 11.4.